The van der Waals surface area contributed by atoms with Gasteiger partial charge in [0.2, 0.25) is 5.91 Å². The van der Waals surface area contributed by atoms with E-state index in [-0.39, 0.29) is 29.7 Å². The van der Waals surface area contributed by atoms with Gasteiger partial charge in [-0.2, -0.15) is 0 Å². The lowest BCUT2D eigenvalue weighted by molar-refractivity contribution is -0.133. The van der Waals surface area contributed by atoms with E-state index in [2.05, 4.69) is 24.5 Å². The molecule has 2 aromatic carbocycles. The molecule has 0 radical (unpaired) electrons. The van der Waals surface area contributed by atoms with Gasteiger partial charge >= 0.3 is 0 Å². The van der Waals surface area contributed by atoms with Crippen LogP contribution in [-0.4, -0.2) is 55.0 Å². The van der Waals surface area contributed by atoms with Gasteiger partial charge in [-0.05, 0) is 60.3 Å². The van der Waals surface area contributed by atoms with Crippen molar-refractivity contribution in [3.8, 4) is 0 Å². The van der Waals surface area contributed by atoms with Crippen molar-refractivity contribution in [1.29, 1.82) is 0 Å². The van der Waals surface area contributed by atoms with E-state index < -0.39 is 0 Å². The Labute approximate surface area is 189 Å². The summed E-state index contributed by atoms with van der Waals surface area (Å²) in [5.74, 6) is 0.125. The molecule has 0 spiro atoms. The second kappa shape index (κ2) is 11.4. The lowest BCUT2D eigenvalue weighted by Gasteiger charge is -2.27. The number of carbonyl (C=O) groups is 2. The summed E-state index contributed by atoms with van der Waals surface area (Å²) in [7, 11) is 0. The number of amides is 2. The number of fused-ring (bicyclic) bond motifs is 1. The van der Waals surface area contributed by atoms with Gasteiger partial charge < -0.3 is 21.3 Å². The molecule has 1 aliphatic rings. The fraction of sp³-hybridized carbons (Fsp3) is 0.520. The Morgan fingerprint density at radius 3 is 2.66 bits per heavy atom. The predicted molar refractivity (Wildman–Crippen MR) is 126 cm³/mol. The molecule has 0 unspecified atom stereocenters. The molecule has 0 saturated carbocycles. The summed E-state index contributed by atoms with van der Waals surface area (Å²) >= 11 is 0. The van der Waals surface area contributed by atoms with Crippen molar-refractivity contribution >= 4 is 22.6 Å². The average Bonchev–Trinajstić information content (AvgIpc) is 2.94. The van der Waals surface area contributed by atoms with Crippen LogP contribution in [0.25, 0.3) is 10.8 Å². The van der Waals surface area contributed by atoms with Crippen molar-refractivity contribution in [3.63, 3.8) is 0 Å². The Morgan fingerprint density at radius 1 is 1.22 bits per heavy atom. The first-order valence-corrected chi connectivity index (χ1v) is 11.7. The van der Waals surface area contributed by atoms with Gasteiger partial charge in [0, 0.05) is 31.2 Å². The van der Waals surface area contributed by atoms with Gasteiger partial charge in [0.1, 0.15) is 5.82 Å². The van der Waals surface area contributed by atoms with Crippen LogP contribution in [0.2, 0.25) is 0 Å². The SMILES string of the molecule is CCC(CC)CN1CC[C@H](CNC(=O)c2ccc3cc(F)ccc3c2)N[C@H](CCN)C1=O. The Hall–Kier alpha value is -2.51. The zero-order chi connectivity index (χ0) is 23.1. The maximum Gasteiger partial charge on any atom is 0.251 e. The zero-order valence-corrected chi connectivity index (χ0v) is 19.1. The van der Waals surface area contributed by atoms with Crippen LogP contribution in [0, 0.1) is 11.7 Å². The van der Waals surface area contributed by atoms with Crippen LogP contribution in [0.4, 0.5) is 4.39 Å². The number of rotatable bonds is 9. The molecule has 174 valence electrons. The minimum atomic E-state index is -0.325. The number of nitrogens with two attached hydrogens (primary N) is 1. The summed E-state index contributed by atoms with van der Waals surface area (Å²) in [5.41, 5.74) is 6.30. The van der Waals surface area contributed by atoms with Gasteiger partial charge in [0.15, 0.2) is 0 Å². The second-order valence-corrected chi connectivity index (χ2v) is 8.67. The fourth-order valence-electron chi connectivity index (χ4n) is 4.33. The van der Waals surface area contributed by atoms with Crippen molar-refractivity contribution in [2.45, 2.75) is 51.6 Å². The molecular weight excluding hydrogens is 407 g/mol. The van der Waals surface area contributed by atoms with Gasteiger partial charge in [-0.25, -0.2) is 4.39 Å². The molecule has 1 aliphatic heterocycles. The minimum absolute atomic E-state index is 0.0132. The monoisotopic (exact) mass is 442 g/mol. The molecule has 1 fully saturated rings. The van der Waals surface area contributed by atoms with Crippen molar-refractivity contribution in [3.05, 3.63) is 47.8 Å². The van der Waals surface area contributed by atoms with E-state index in [9.17, 15) is 14.0 Å². The first-order valence-electron chi connectivity index (χ1n) is 11.7. The molecule has 1 saturated heterocycles. The number of hydrogen-bond donors (Lipinski definition) is 3. The van der Waals surface area contributed by atoms with Crippen LogP contribution in [0.1, 0.15) is 49.9 Å². The predicted octanol–water partition coefficient (Wildman–Crippen LogP) is 3.05. The summed E-state index contributed by atoms with van der Waals surface area (Å²) in [5, 5.41) is 7.99. The molecule has 2 amide bonds. The fourth-order valence-corrected chi connectivity index (χ4v) is 4.33. The molecule has 3 rings (SSSR count). The molecule has 2 aromatic rings. The number of carbonyl (C=O) groups excluding carboxylic acids is 2. The molecule has 0 aliphatic carbocycles. The van der Waals surface area contributed by atoms with Gasteiger partial charge in [-0.1, -0.05) is 38.8 Å². The summed E-state index contributed by atoms with van der Waals surface area (Å²) in [6.07, 6.45) is 3.44. The van der Waals surface area contributed by atoms with Gasteiger partial charge in [0.25, 0.3) is 5.91 Å². The van der Waals surface area contributed by atoms with E-state index in [1.165, 1.54) is 12.1 Å². The topological polar surface area (TPSA) is 87.5 Å². The molecular formula is C25H35FN4O2. The third-order valence-electron chi connectivity index (χ3n) is 6.46. The minimum Gasteiger partial charge on any atom is -0.350 e. The molecule has 1 heterocycles. The van der Waals surface area contributed by atoms with Crippen molar-refractivity contribution in [1.82, 2.24) is 15.5 Å². The Balaban J connectivity index is 1.64. The van der Waals surface area contributed by atoms with E-state index in [0.717, 1.165) is 36.6 Å². The van der Waals surface area contributed by atoms with Crippen molar-refractivity contribution < 1.29 is 14.0 Å². The maximum atomic E-state index is 13.4. The van der Waals surface area contributed by atoms with Crippen LogP contribution in [0.3, 0.4) is 0 Å². The molecule has 0 bridgehead atoms. The van der Waals surface area contributed by atoms with E-state index in [1.807, 2.05) is 4.90 Å². The van der Waals surface area contributed by atoms with Crippen LogP contribution >= 0.6 is 0 Å². The number of hydrogen-bond acceptors (Lipinski definition) is 4. The molecule has 4 N–H and O–H groups in total. The van der Waals surface area contributed by atoms with Gasteiger partial charge in [-0.3, -0.25) is 9.59 Å². The van der Waals surface area contributed by atoms with Crippen LogP contribution in [-0.2, 0) is 4.79 Å². The van der Waals surface area contributed by atoms with E-state index in [4.69, 9.17) is 5.73 Å². The van der Waals surface area contributed by atoms with Crippen LogP contribution in [0.5, 0.6) is 0 Å². The molecule has 0 aromatic heterocycles. The molecule has 7 heteroatoms. The first-order chi connectivity index (χ1) is 15.4. The smallest absolute Gasteiger partial charge is 0.251 e. The summed E-state index contributed by atoms with van der Waals surface area (Å²) in [6, 6.07) is 9.40. The average molecular weight is 443 g/mol. The largest absolute Gasteiger partial charge is 0.350 e. The Morgan fingerprint density at radius 2 is 1.94 bits per heavy atom. The highest BCUT2D eigenvalue weighted by Gasteiger charge is 2.31. The second-order valence-electron chi connectivity index (χ2n) is 8.67. The summed E-state index contributed by atoms with van der Waals surface area (Å²) in [4.78, 5) is 27.8. The number of nitrogens with zero attached hydrogens (tertiary/aromatic N) is 1. The third-order valence-corrected chi connectivity index (χ3v) is 6.46. The maximum absolute atomic E-state index is 13.4. The summed E-state index contributed by atoms with van der Waals surface area (Å²) < 4.78 is 13.4. The zero-order valence-electron chi connectivity index (χ0n) is 19.1. The number of nitrogens with one attached hydrogen (secondary N) is 2. The highest BCUT2D eigenvalue weighted by Crippen LogP contribution is 2.18. The van der Waals surface area contributed by atoms with E-state index >= 15 is 0 Å². The Bertz CT molecular complexity index is 931. The normalized spacial score (nSPS) is 19.4. The lowest BCUT2D eigenvalue weighted by atomic mass is 10.0. The Kier molecular flexibility index (Phi) is 8.59. The van der Waals surface area contributed by atoms with Crippen molar-refractivity contribution in [2.75, 3.05) is 26.2 Å². The first kappa shape index (κ1) is 24.1. The quantitative estimate of drug-likeness (QED) is 0.557. The summed E-state index contributed by atoms with van der Waals surface area (Å²) in [6.45, 7) is 6.62. The lowest BCUT2D eigenvalue weighted by Crippen LogP contribution is -2.50. The molecule has 2 atom stereocenters. The standard InChI is InChI=1S/C25H35FN4O2/c1-3-17(4-2)16-30-12-10-22(29-23(9-11-27)25(30)32)15-28-24(31)20-6-5-19-14-21(26)8-7-18(19)13-20/h5-8,13-14,17,22-23,29H,3-4,9-12,15-16,27H2,1-2H3,(H,28,31)/t22-,23-/m1/s1. The number of halogens is 1. The molecule has 6 nitrogen and oxygen atoms in total. The van der Waals surface area contributed by atoms with E-state index in [1.54, 1.807) is 24.3 Å². The molecule has 32 heavy (non-hydrogen) atoms. The highest BCUT2D eigenvalue weighted by atomic mass is 19.1. The van der Waals surface area contributed by atoms with E-state index in [0.29, 0.717) is 37.5 Å². The third kappa shape index (κ3) is 6.04. The highest BCUT2D eigenvalue weighted by molar-refractivity contribution is 5.98. The van der Waals surface area contributed by atoms with Crippen molar-refractivity contribution in [2.24, 2.45) is 11.7 Å². The van der Waals surface area contributed by atoms with Gasteiger partial charge in [-0.15, -0.1) is 0 Å². The van der Waals surface area contributed by atoms with Crippen LogP contribution < -0.4 is 16.4 Å². The van der Waals surface area contributed by atoms with Gasteiger partial charge in [0.05, 0.1) is 6.04 Å². The number of benzene rings is 2. The van der Waals surface area contributed by atoms with Crippen LogP contribution in [0.15, 0.2) is 36.4 Å².